The summed E-state index contributed by atoms with van der Waals surface area (Å²) in [5.74, 6) is 0.596. The topological polar surface area (TPSA) is 38.9 Å². The van der Waals surface area contributed by atoms with Crippen LogP contribution < -0.4 is 5.73 Å². The molecule has 0 atom stereocenters. The van der Waals surface area contributed by atoms with Crippen molar-refractivity contribution in [1.82, 2.24) is 4.98 Å². The average Bonchev–Trinajstić information content (AvgIpc) is 2.15. The van der Waals surface area contributed by atoms with Crippen LogP contribution in [0.4, 0.5) is 5.82 Å². The predicted octanol–water partition coefficient (Wildman–Crippen LogP) is 3.11. The third kappa shape index (κ3) is 1.80. The number of rotatable bonds is 0. The second-order valence-corrected chi connectivity index (χ2v) is 4.87. The lowest BCUT2D eigenvalue weighted by Crippen LogP contribution is -2.15. The zero-order valence-corrected chi connectivity index (χ0v) is 9.41. The number of aromatic nitrogens is 1. The van der Waals surface area contributed by atoms with Gasteiger partial charge in [0.2, 0.25) is 0 Å². The Kier molecular flexibility index (Phi) is 2.14. The van der Waals surface area contributed by atoms with Gasteiger partial charge >= 0.3 is 0 Å². The molecular weight excluding hydrogens is 184 g/mol. The van der Waals surface area contributed by atoms with E-state index in [9.17, 15) is 0 Å². The maximum Gasteiger partial charge on any atom is 0.124 e. The van der Waals surface area contributed by atoms with Crippen molar-refractivity contribution in [3.8, 4) is 0 Å². The first-order valence-electron chi connectivity index (χ1n) is 5.14. The lowest BCUT2D eigenvalue weighted by Gasteiger charge is -2.20. The van der Waals surface area contributed by atoms with E-state index in [1.54, 1.807) is 0 Å². The molecule has 2 nitrogen and oxygen atoms in total. The Morgan fingerprint density at radius 2 is 1.80 bits per heavy atom. The number of anilines is 1. The number of benzene rings is 1. The Balaban J connectivity index is 2.83. The molecule has 0 unspecified atom stereocenters. The Labute approximate surface area is 90.1 Å². The Morgan fingerprint density at radius 3 is 2.47 bits per heavy atom. The van der Waals surface area contributed by atoms with Crippen LogP contribution >= 0.6 is 0 Å². The number of hydrogen-bond donors (Lipinski definition) is 1. The summed E-state index contributed by atoms with van der Waals surface area (Å²) in [7, 11) is 0. The van der Waals surface area contributed by atoms with Crippen LogP contribution in [0.3, 0.4) is 0 Å². The fraction of sp³-hybridized carbons (Fsp3) is 0.308. The molecule has 1 heterocycles. The van der Waals surface area contributed by atoms with Crippen molar-refractivity contribution in [2.45, 2.75) is 26.2 Å². The molecule has 15 heavy (non-hydrogen) atoms. The molecular formula is C13H16N2. The van der Waals surface area contributed by atoms with Gasteiger partial charge in [-0.05, 0) is 11.5 Å². The zero-order chi connectivity index (χ0) is 11.1. The minimum atomic E-state index is 0.0228. The highest BCUT2D eigenvalue weighted by molar-refractivity contribution is 5.87. The minimum absolute atomic E-state index is 0.0228. The van der Waals surface area contributed by atoms with Gasteiger partial charge in [0.15, 0.2) is 0 Å². The first-order chi connectivity index (χ1) is 6.98. The van der Waals surface area contributed by atoms with E-state index in [1.807, 2.05) is 18.2 Å². The standard InChI is InChI=1S/C13H16N2/c1-13(2,3)12-10-7-5-4-6-9(10)8-11(14)15-12/h4-8H,1-3H3,(H2,14,15). The van der Waals surface area contributed by atoms with Crippen LogP contribution in [-0.2, 0) is 5.41 Å². The van der Waals surface area contributed by atoms with Gasteiger partial charge in [-0.15, -0.1) is 0 Å². The molecule has 0 aliphatic heterocycles. The van der Waals surface area contributed by atoms with Crippen molar-refractivity contribution in [3.05, 3.63) is 36.0 Å². The number of nitrogens with two attached hydrogens (primary N) is 1. The van der Waals surface area contributed by atoms with Gasteiger partial charge in [0.05, 0.1) is 5.69 Å². The first kappa shape index (κ1) is 9.97. The Morgan fingerprint density at radius 1 is 1.13 bits per heavy atom. The molecule has 0 aliphatic rings. The normalized spacial score (nSPS) is 11.9. The lowest BCUT2D eigenvalue weighted by atomic mass is 9.88. The van der Waals surface area contributed by atoms with Gasteiger partial charge in [0.25, 0.3) is 0 Å². The van der Waals surface area contributed by atoms with Crippen molar-refractivity contribution in [1.29, 1.82) is 0 Å². The van der Waals surface area contributed by atoms with Gasteiger partial charge in [0, 0.05) is 10.8 Å². The summed E-state index contributed by atoms with van der Waals surface area (Å²) in [5.41, 5.74) is 6.90. The summed E-state index contributed by atoms with van der Waals surface area (Å²) in [5, 5.41) is 2.36. The van der Waals surface area contributed by atoms with Crippen LogP contribution in [0.5, 0.6) is 0 Å². The molecule has 0 bridgehead atoms. The van der Waals surface area contributed by atoms with E-state index in [0.717, 1.165) is 11.1 Å². The van der Waals surface area contributed by atoms with Crippen LogP contribution in [0.15, 0.2) is 30.3 Å². The highest BCUT2D eigenvalue weighted by atomic mass is 14.8. The monoisotopic (exact) mass is 200 g/mol. The van der Waals surface area contributed by atoms with Crippen molar-refractivity contribution in [2.24, 2.45) is 0 Å². The SMILES string of the molecule is CC(C)(C)c1nc(N)cc2ccccc12. The molecule has 0 aliphatic carbocycles. The molecule has 0 amide bonds. The van der Waals surface area contributed by atoms with E-state index in [0.29, 0.717) is 5.82 Å². The van der Waals surface area contributed by atoms with Crippen molar-refractivity contribution >= 4 is 16.6 Å². The maximum absolute atomic E-state index is 5.81. The molecule has 0 saturated carbocycles. The smallest absolute Gasteiger partial charge is 0.124 e. The summed E-state index contributed by atoms with van der Waals surface area (Å²) in [4.78, 5) is 4.45. The largest absolute Gasteiger partial charge is 0.384 e. The van der Waals surface area contributed by atoms with Crippen LogP contribution in [0, 0.1) is 0 Å². The zero-order valence-electron chi connectivity index (χ0n) is 9.41. The number of hydrogen-bond acceptors (Lipinski definition) is 2. The second-order valence-electron chi connectivity index (χ2n) is 4.87. The van der Waals surface area contributed by atoms with Gasteiger partial charge in [0.1, 0.15) is 5.82 Å². The maximum atomic E-state index is 5.81. The van der Waals surface area contributed by atoms with E-state index < -0.39 is 0 Å². The van der Waals surface area contributed by atoms with Crippen molar-refractivity contribution in [2.75, 3.05) is 5.73 Å². The van der Waals surface area contributed by atoms with E-state index >= 15 is 0 Å². The first-order valence-corrected chi connectivity index (χ1v) is 5.14. The highest BCUT2D eigenvalue weighted by Gasteiger charge is 2.18. The summed E-state index contributed by atoms with van der Waals surface area (Å²) in [6, 6.07) is 10.2. The number of fused-ring (bicyclic) bond motifs is 1. The second kappa shape index (κ2) is 3.23. The molecule has 2 aromatic rings. The third-order valence-electron chi connectivity index (χ3n) is 2.47. The van der Waals surface area contributed by atoms with Gasteiger partial charge in [-0.3, -0.25) is 0 Å². The summed E-state index contributed by atoms with van der Waals surface area (Å²) < 4.78 is 0. The quantitative estimate of drug-likeness (QED) is 0.709. The van der Waals surface area contributed by atoms with Gasteiger partial charge in [-0.1, -0.05) is 45.0 Å². The van der Waals surface area contributed by atoms with Gasteiger partial charge < -0.3 is 5.73 Å². The van der Waals surface area contributed by atoms with Gasteiger partial charge in [-0.2, -0.15) is 0 Å². The van der Waals surface area contributed by atoms with Crippen LogP contribution in [0.25, 0.3) is 10.8 Å². The Bertz CT molecular complexity index is 495. The summed E-state index contributed by atoms with van der Waals surface area (Å²) in [6.07, 6.45) is 0. The Hall–Kier alpha value is -1.57. The van der Waals surface area contributed by atoms with E-state index in [-0.39, 0.29) is 5.41 Å². The molecule has 1 aromatic heterocycles. The number of nitrogen functional groups attached to an aromatic ring is 1. The molecule has 2 rings (SSSR count). The van der Waals surface area contributed by atoms with Crippen LogP contribution in [0.1, 0.15) is 26.5 Å². The minimum Gasteiger partial charge on any atom is -0.384 e. The van der Waals surface area contributed by atoms with Crippen LogP contribution in [-0.4, -0.2) is 4.98 Å². The van der Waals surface area contributed by atoms with E-state index in [1.165, 1.54) is 5.39 Å². The molecule has 78 valence electrons. The lowest BCUT2D eigenvalue weighted by molar-refractivity contribution is 0.576. The molecule has 0 fully saturated rings. The van der Waals surface area contributed by atoms with Crippen molar-refractivity contribution < 1.29 is 0 Å². The number of pyridine rings is 1. The van der Waals surface area contributed by atoms with Crippen molar-refractivity contribution in [3.63, 3.8) is 0 Å². The third-order valence-corrected chi connectivity index (χ3v) is 2.47. The summed E-state index contributed by atoms with van der Waals surface area (Å²) in [6.45, 7) is 6.46. The molecule has 2 N–H and O–H groups in total. The molecule has 2 heteroatoms. The fourth-order valence-electron chi connectivity index (χ4n) is 1.79. The van der Waals surface area contributed by atoms with Crippen LogP contribution in [0.2, 0.25) is 0 Å². The predicted molar refractivity (Wildman–Crippen MR) is 64.9 cm³/mol. The average molecular weight is 200 g/mol. The highest BCUT2D eigenvalue weighted by Crippen LogP contribution is 2.29. The number of nitrogens with zero attached hydrogens (tertiary/aromatic N) is 1. The van der Waals surface area contributed by atoms with E-state index in [4.69, 9.17) is 5.73 Å². The molecule has 0 spiro atoms. The molecule has 0 radical (unpaired) electrons. The summed E-state index contributed by atoms with van der Waals surface area (Å²) >= 11 is 0. The fourth-order valence-corrected chi connectivity index (χ4v) is 1.79. The molecule has 1 aromatic carbocycles. The van der Waals surface area contributed by atoms with Gasteiger partial charge in [-0.25, -0.2) is 4.98 Å². The molecule has 0 saturated heterocycles. The van der Waals surface area contributed by atoms with E-state index in [2.05, 4.69) is 37.9 Å².